The van der Waals surface area contributed by atoms with Gasteiger partial charge in [-0.15, -0.1) is 0 Å². The maximum atomic E-state index is 5.37. The third-order valence-electron chi connectivity index (χ3n) is 3.54. The summed E-state index contributed by atoms with van der Waals surface area (Å²) in [4.78, 5) is 0. The van der Waals surface area contributed by atoms with Gasteiger partial charge in [-0.05, 0) is 25.9 Å². The first-order valence-electron chi connectivity index (χ1n) is 7.09. The molecule has 0 saturated heterocycles. The zero-order valence-electron chi connectivity index (χ0n) is 14.2. The van der Waals surface area contributed by atoms with Crippen molar-refractivity contribution in [3.8, 4) is 0 Å². The van der Waals surface area contributed by atoms with Crippen molar-refractivity contribution < 1.29 is 28.0 Å². The summed E-state index contributed by atoms with van der Waals surface area (Å²) in [6, 6.07) is 1.60. The van der Waals surface area contributed by atoms with E-state index in [1.54, 1.807) is 42.7 Å². The fourth-order valence-electron chi connectivity index (χ4n) is 2.10. The number of hydrogen-bond donors (Lipinski definition) is 1. The molecule has 0 fully saturated rings. The first-order valence-corrected chi connectivity index (χ1v) is 11.0. The lowest BCUT2D eigenvalue weighted by atomic mass is 10.4. The minimum atomic E-state index is -2.43. The van der Waals surface area contributed by atoms with Crippen LogP contribution in [0.1, 0.15) is 14.3 Å². The Morgan fingerprint density at radius 1 is 0.619 bits per heavy atom. The summed E-state index contributed by atoms with van der Waals surface area (Å²) < 4.78 is 32.2. The Bertz CT molecular complexity index is 217. The lowest BCUT2D eigenvalue weighted by Crippen LogP contribution is -2.43. The van der Waals surface area contributed by atoms with Crippen molar-refractivity contribution in [1.82, 2.24) is 5.32 Å². The molecule has 0 amide bonds. The Morgan fingerprint density at radius 3 is 1.14 bits per heavy atom. The van der Waals surface area contributed by atoms with Crippen molar-refractivity contribution in [2.24, 2.45) is 0 Å². The van der Waals surface area contributed by atoms with Gasteiger partial charge in [0, 0.05) is 56.2 Å². The molecule has 0 unspecified atom stereocenters. The molecular weight excluding hydrogens is 310 g/mol. The zero-order valence-corrected chi connectivity index (χ0v) is 16.2. The predicted molar refractivity (Wildman–Crippen MR) is 87.4 cm³/mol. The van der Waals surface area contributed by atoms with Crippen LogP contribution in [0, 0.1) is 0 Å². The highest BCUT2D eigenvalue weighted by atomic mass is 28.4. The minimum absolute atomic E-state index is 0. The Labute approximate surface area is 132 Å². The van der Waals surface area contributed by atoms with E-state index in [1.807, 2.05) is 0 Å². The van der Waals surface area contributed by atoms with Gasteiger partial charge in [0.2, 0.25) is 0 Å². The van der Waals surface area contributed by atoms with Crippen molar-refractivity contribution in [3.63, 3.8) is 0 Å². The van der Waals surface area contributed by atoms with E-state index in [0.717, 1.165) is 38.0 Å². The van der Waals surface area contributed by atoms with Gasteiger partial charge in [0.25, 0.3) is 0 Å². The predicted octanol–water partition coefficient (Wildman–Crippen LogP) is 1.36. The lowest BCUT2D eigenvalue weighted by Gasteiger charge is -2.25. The molecule has 9 heteroatoms. The molecular formula is C12H33NO6Si2. The van der Waals surface area contributed by atoms with Crippen LogP contribution in [0.2, 0.25) is 12.1 Å². The van der Waals surface area contributed by atoms with E-state index in [0.29, 0.717) is 0 Å². The molecule has 0 heterocycles. The van der Waals surface area contributed by atoms with E-state index in [-0.39, 0.29) is 1.43 Å². The average Bonchev–Trinajstić information content (AvgIpc) is 2.55. The van der Waals surface area contributed by atoms with Gasteiger partial charge >= 0.3 is 17.6 Å². The first-order chi connectivity index (χ1) is 10.1. The highest BCUT2D eigenvalue weighted by molar-refractivity contribution is 6.60. The molecule has 0 aromatic heterocycles. The molecule has 0 aromatic carbocycles. The monoisotopic (exact) mass is 343 g/mol. The van der Waals surface area contributed by atoms with Crippen molar-refractivity contribution in [3.05, 3.63) is 0 Å². The quantitative estimate of drug-likeness (QED) is 0.377. The van der Waals surface area contributed by atoms with Crippen LogP contribution in [-0.2, 0) is 26.6 Å². The summed E-state index contributed by atoms with van der Waals surface area (Å²) in [5.74, 6) is 0. The van der Waals surface area contributed by atoms with Crippen LogP contribution < -0.4 is 5.32 Å². The van der Waals surface area contributed by atoms with E-state index in [4.69, 9.17) is 26.6 Å². The van der Waals surface area contributed by atoms with E-state index in [1.165, 1.54) is 0 Å². The molecule has 7 nitrogen and oxygen atoms in total. The maximum Gasteiger partial charge on any atom is 0.500 e. The van der Waals surface area contributed by atoms with Crippen LogP contribution in [0.25, 0.3) is 0 Å². The zero-order chi connectivity index (χ0) is 16.2. The fraction of sp³-hybridized carbons (Fsp3) is 1.00. The Kier molecular flexibility index (Phi) is 11.8. The Morgan fingerprint density at radius 2 is 0.905 bits per heavy atom. The maximum absolute atomic E-state index is 5.37. The lowest BCUT2D eigenvalue weighted by molar-refractivity contribution is 0.123. The van der Waals surface area contributed by atoms with Crippen LogP contribution in [0.3, 0.4) is 0 Å². The largest absolute Gasteiger partial charge is 0.500 e. The number of rotatable bonds is 14. The summed E-state index contributed by atoms with van der Waals surface area (Å²) in [5, 5.41) is 3.39. The second-order valence-corrected chi connectivity index (χ2v) is 10.7. The van der Waals surface area contributed by atoms with Gasteiger partial charge < -0.3 is 31.9 Å². The molecule has 130 valence electrons. The second kappa shape index (κ2) is 11.7. The highest BCUT2D eigenvalue weighted by Crippen LogP contribution is 2.15. The fourth-order valence-corrected chi connectivity index (χ4v) is 5.54. The van der Waals surface area contributed by atoms with Crippen molar-refractivity contribution >= 4 is 17.6 Å². The third-order valence-corrected chi connectivity index (χ3v) is 9.20. The average molecular weight is 344 g/mol. The molecule has 0 bridgehead atoms. The molecule has 0 aliphatic carbocycles. The van der Waals surface area contributed by atoms with Gasteiger partial charge in [0.05, 0.1) is 0 Å². The molecule has 0 radical (unpaired) electrons. The summed E-state index contributed by atoms with van der Waals surface area (Å²) in [6.07, 6.45) is 1.90. The van der Waals surface area contributed by atoms with Crippen LogP contribution in [-0.4, -0.2) is 73.4 Å². The van der Waals surface area contributed by atoms with Crippen molar-refractivity contribution in [2.75, 3.05) is 55.7 Å². The van der Waals surface area contributed by atoms with E-state index < -0.39 is 17.6 Å². The third kappa shape index (κ3) is 7.30. The van der Waals surface area contributed by atoms with Crippen LogP contribution in [0.5, 0.6) is 0 Å². The number of nitrogens with one attached hydrogen (secondary N) is 1. The summed E-state index contributed by atoms with van der Waals surface area (Å²) in [7, 11) is 4.96. The van der Waals surface area contributed by atoms with Gasteiger partial charge in [-0.1, -0.05) is 0 Å². The molecule has 1 N–H and O–H groups in total. The highest BCUT2D eigenvalue weighted by Gasteiger charge is 2.37. The number of hydrogen-bond acceptors (Lipinski definition) is 7. The van der Waals surface area contributed by atoms with Crippen LogP contribution in [0.4, 0.5) is 0 Å². The molecule has 0 saturated carbocycles. The molecule has 0 aliphatic rings. The second-order valence-electron chi connectivity index (χ2n) is 4.55. The molecule has 0 rings (SSSR count). The van der Waals surface area contributed by atoms with Gasteiger partial charge in [0.15, 0.2) is 0 Å². The smallest absolute Gasteiger partial charge is 0.377 e. The normalized spacial score (nSPS) is 12.9. The minimum Gasteiger partial charge on any atom is -0.377 e. The van der Waals surface area contributed by atoms with Gasteiger partial charge in [-0.25, -0.2) is 0 Å². The SMILES string of the molecule is CO[Si](CCCNCCC[Si](OC)(OC)OC)(OC)OC.[HH]. The molecule has 0 aliphatic heterocycles. The van der Waals surface area contributed by atoms with Gasteiger partial charge in [0.1, 0.15) is 0 Å². The summed E-state index contributed by atoms with van der Waals surface area (Å²) in [5.41, 5.74) is 0. The standard InChI is InChI=1S/C12H31NO6Si2.H2/c1-14-20(15-2,16-3)11-7-9-13-10-8-12-21(17-4,18-5)19-6;/h13H,7-12H2,1-6H3;1H. The Balaban J connectivity index is 0. The van der Waals surface area contributed by atoms with Gasteiger partial charge in [-0.2, -0.15) is 0 Å². The topological polar surface area (TPSA) is 67.4 Å². The molecule has 0 spiro atoms. The van der Waals surface area contributed by atoms with Crippen molar-refractivity contribution in [1.29, 1.82) is 0 Å². The van der Waals surface area contributed by atoms with E-state index >= 15 is 0 Å². The molecule has 0 atom stereocenters. The Hall–Kier alpha value is 0.154. The summed E-state index contributed by atoms with van der Waals surface area (Å²) >= 11 is 0. The van der Waals surface area contributed by atoms with Crippen LogP contribution >= 0.6 is 0 Å². The van der Waals surface area contributed by atoms with Gasteiger partial charge in [-0.3, -0.25) is 0 Å². The van der Waals surface area contributed by atoms with Crippen molar-refractivity contribution in [2.45, 2.75) is 24.9 Å². The van der Waals surface area contributed by atoms with E-state index in [2.05, 4.69) is 5.32 Å². The molecule has 21 heavy (non-hydrogen) atoms. The van der Waals surface area contributed by atoms with Crippen LogP contribution in [0.15, 0.2) is 0 Å². The van der Waals surface area contributed by atoms with E-state index in [9.17, 15) is 0 Å². The first kappa shape index (κ1) is 21.2. The summed E-state index contributed by atoms with van der Waals surface area (Å²) in [6.45, 7) is 1.79. The molecule has 0 aromatic rings.